The van der Waals surface area contributed by atoms with Gasteiger partial charge in [0.15, 0.2) is 5.96 Å². The lowest BCUT2D eigenvalue weighted by Gasteiger charge is -2.21. The molecule has 21 heavy (non-hydrogen) atoms. The third-order valence-corrected chi connectivity index (χ3v) is 3.16. The van der Waals surface area contributed by atoms with Gasteiger partial charge in [-0.05, 0) is 30.5 Å². The fraction of sp³-hybridized carbons (Fsp3) is 0.375. The van der Waals surface area contributed by atoms with Crippen molar-refractivity contribution in [2.75, 3.05) is 20.6 Å². The van der Waals surface area contributed by atoms with Crippen LogP contribution in [0, 0.1) is 0 Å². The van der Waals surface area contributed by atoms with E-state index in [0.717, 1.165) is 30.9 Å². The average Bonchev–Trinajstić information content (AvgIpc) is 2.48. The lowest BCUT2D eigenvalue weighted by Crippen LogP contribution is -2.38. The van der Waals surface area contributed by atoms with E-state index >= 15 is 0 Å². The van der Waals surface area contributed by atoms with Gasteiger partial charge in [-0.1, -0.05) is 18.2 Å². The lowest BCUT2D eigenvalue weighted by molar-refractivity contribution is 0.100. The molecular weight excluding hydrogens is 264 g/mol. The number of rotatable bonds is 7. The number of hydrogen-bond donors (Lipinski definition) is 2. The van der Waals surface area contributed by atoms with E-state index in [0.29, 0.717) is 12.1 Å². The minimum absolute atomic E-state index is 0.410. The molecule has 1 amide bonds. The summed E-state index contributed by atoms with van der Waals surface area (Å²) in [6.45, 7) is 5.29. The van der Waals surface area contributed by atoms with Gasteiger partial charge in [-0.3, -0.25) is 9.79 Å². The average molecular weight is 288 g/mol. The van der Waals surface area contributed by atoms with E-state index in [1.54, 1.807) is 19.2 Å². The van der Waals surface area contributed by atoms with E-state index in [-0.39, 0.29) is 0 Å². The number of unbranched alkanes of at least 4 members (excludes halogenated alkanes) is 1. The molecule has 0 unspecified atom stereocenters. The van der Waals surface area contributed by atoms with Crippen LogP contribution in [-0.4, -0.2) is 37.4 Å². The Labute approximate surface area is 126 Å². The van der Waals surface area contributed by atoms with Gasteiger partial charge in [0.1, 0.15) is 0 Å². The van der Waals surface area contributed by atoms with Gasteiger partial charge in [-0.2, -0.15) is 0 Å². The fourth-order valence-corrected chi connectivity index (χ4v) is 1.93. The molecule has 0 radical (unpaired) electrons. The number of allylic oxidation sites excluding steroid dienone is 1. The van der Waals surface area contributed by atoms with Crippen molar-refractivity contribution < 1.29 is 4.79 Å². The fourth-order valence-electron chi connectivity index (χ4n) is 1.93. The summed E-state index contributed by atoms with van der Waals surface area (Å²) in [5.74, 6) is 0.435. The third-order valence-electron chi connectivity index (χ3n) is 3.16. The van der Waals surface area contributed by atoms with E-state index in [1.807, 2.05) is 25.3 Å². The third kappa shape index (κ3) is 5.69. The molecule has 1 aromatic rings. The Kier molecular flexibility index (Phi) is 7.01. The van der Waals surface area contributed by atoms with E-state index in [9.17, 15) is 4.79 Å². The molecule has 0 aromatic heterocycles. The zero-order valence-electron chi connectivity index (χ0n) is 12.8. The van der Waals surface area contributed by atoms with Crippen molar-refractivity contribution in [3.63, 3.8) is 0 Å². The van der Waals surface area contributed by atoms with Gasteiger partial charge in [0, 0.05) is 32.7 Å². The first-order chi connectivity index (χ1) is 10.1. The lowest BCUT2D eigenvalue weighted by atomic mass is 10.1. The maximum atomic E-state index is 11.0. The van der Waals surface area contributed by atoms with Crippen molar-refractivity contribution in [1.82, 2.24) is 10.2 Å². The Morgan fingerprint density at radius 2 is 2.10 bits per heavy atom. The second-order valence-electron chi connectivity index (χ2n) is 4.81. The van der Waals surface area contributed by atoms with Crippen molar-refractivity contribution in [1.29, 1.82) is 0 Å². The summed E-state index contributed by atoms with van der Waals surface area (Å²) in [7, 11) is 3.77. The van der Waals surface area contributed by atoms with Crippen LogP contribution in [0.1, 0.15) is 28.8 Å². The first-order valence-electron chi connectivity index (χ1n) is 7.00. The largest absolute Gasteiger partial charge is 0.366 e. The predicted octanol–water partition coefficient (Wildman–Crippen LogP) is 1.76. The number of primary amides is 1. The number of aliphatic imine (C=N–C) groups is 1. The second kappa shape index (κ2) is 8.79. The zero-order valence-corrected chi connectivity index (χ0v) is 12.8. The van der Waals surface area contributed by atoms with Crippen LogP contribution in [0.2, 0.25) is 0 Å². The van der Waals surface area contributed by atoms with Crippen molar-refractivity contribution in [2.45, 2.75) is 19.4 Å². The van der Waals surface area contributed by atoms with E-state index in [4.69, 9.17) is 5.73 Å². The molecule has 0 fully saturated rings. The van der Waals surface area contributed by atoms with Crippen molar-refractivity contribution >= 4 is 11.9 Å². The molecule has 114 valence electrons. The van der Waals surface area contributed by atoms with Crippen LogP contribution in [-0.2, 0) is 6.54 Å². The molecule has 1 aromatic carbocycles. The molecule has 5 nitrogen and oxygen atoms in total. The smallest absolute Gasteiger partial charge is 0.248 e. The number of hydrogen-bond acceptors (Lipinski definition) is 2. The van der Waals surface area contributed by atoms with Gasteiger partial charge in [0.25, 0.3) is 0 Å². The molecule has 0 saturated heterocycles. The molecule has 0 atom stereocenters. The topological polar surface area (TPSA) is 70.7 Å². The molecule has 0 spiro atoms. The van der Waals surface area contributed by atoms with Crippen LogP contribution < -0.4 is 11.1 Å². The van der Waals surface area contributed by atoms with Crippen molar-refractivity contribution in [2.24, 2.45) is 10.7 Å². The second-order valence-corrected chi connectivity index (χ2v) is 4.81. The Morgan fingerprint density at radius 1 is 1.43 bits per heavy atom. The van der Waals surface area contributed by atoms with Crippen molar-refractivity contribution in [3.8, 4) is 0 Å². The van der Waals surface area contributed by atoms with E-state index in [1.165, 1.54) is 0 Å². The Bertz CT molecular complexity index is 494. The predicted molar refractivity (Wildman–Crippen MR) is 87.2 cm³/mol. The number of carbonyl (C=O) groups excluding carboxylic acids is 1. The summed E-state index contributed by atoms with van der Waals surface area (Å²) in [4.78, 5) is 17.4. The molecule has 0 saturated carbocycles. The molecule has 0 bridgehead atoms. The highest BCUT2D eigenvalue weighted by Crippen LogP contribution is 2.04. The van der Waals surface area contributed by atoms with E-state index < -0.39 is 5.91 Å². The maximum absolute atomic E-state index is 11.0. The highest BCUT2D eigenvalue weighted by atomic mass is 16.1. The summed E-state index contributed by atoms with van der Waals surface area (Å²) in [6.07, 6.45) is 3.97. The minimum atomic E-state index is -0.410. The Hall–Kier alpha value is -2.30. The maximum Gasteiger partial charge on any atom is 0.248 e. The normalized spacial score (nSPS) is 11.0. The summed E-state index contributed by atoms with van der Waals surface area (Å²) in [6, 6.07) is 7.24. The molecule has 5 heteroatoms. The summed E-state index contributed by atoms with van der Waals surface area (Å²) < 4.78 is 0. The van der Waals surface area contributed by atoms with Gasteiger partial charge < -0.3 is 16.0 Å². The van der Waals surface area contributed by atoms with Gasteiger partial charge in [0.2, 0.25) is 5.91 Å². The van der Waals surface area contributed by atoms with Gasteiger partial charge in [-0.25, -0.2) is 0 Å². The summed E-state index contributed by atoms with van der Waals surface area (Å²) in [5, 5.41) is 3.30. The molecule has 0 heterocycles. The highest BCUT2D eigenvalue weighted by molar-refractivity contribution is 5.92. The summed E-state index contributed by atoms with van der Waals surface area (Å²) >= 11 is 0. The number of nitrogens with zero attached hydrogens (tertiary/aromatic N) is 2. The number of nitrogens with two attached hydrogens (primary N) is 1. The standard InChI is InChI=1S/C16H24N4O/c1-4-5-6-11-20(3)16(18-2)19-12-13-7-9-14(10-8-13)15(17)21/h4,7-10H,1,5-6,11-12H2,2-3H3,(H2,17,21)(H,18,19). The Morgan fingerprint density at radius 3 is 2.62 bits per heavy atom. The molecule has 0 aliphatic carbocycles. The van der Waals surface area contributed by atoms with Crippen LogP contribution in [0.3, 0.4) is 0 Å². The van der Waals surface area contributed by atoms with Crippen LogP contribution in [0.4, 0.5) is 0 Å². The first kappa shape index (κ1) is 16.8. The zero-order chi connectivity index (χ0) is 15.7. The van der Waals surface area contributed by atoms with Crippen LogP contribution in [0.25, 0.3) is 0 Å². The van der Waals surface area contributed by atoms with Crippen LogP contribution in [0.5, 0.6) is 0 Å². The highest BCUT2D eigenvalue weighted by Gasteiger charge is 2.05. The minimum Gasteiger partial charge on any atom is -0.366 e. The van der Waals surface area contributed by atoms with E-state index in [2.05, 4.69) is 21.8 Å². The van der Waals surface area contributed by atoms with Crippen molar-refractivity contribution in [3.05, 3.63) is 48.0 Å². The number of benzene rings is 1. The number of guanidine groups is 1. The van der Waals surface area contributed by atoms with Gasteiger partial charge in [-0.15, -0.1) is 6.58 Å². The number of nitrogens with one attached hydrogen (secondary N) is 1. The molecule has 0 aliphatic rings. The van der Waals surface area contributed by atoms with Gasteiger partial charge in [0.05, 0.1) is 0 Å². The number of amides is 1. The SMILES string of the molecule is C=CCCCN(C)C(=NC)NCc1ccc(C(N)=O)cc1. The quantitative estimate of drug-likeness (QED) is 0.347. The molecule has 0 aliphatic heterocycles. The monoisotopic (exact) mass is 288 g/mol. The van der Waals surface area contributed by atoms with Crippen LogP contribution in [0.15, 0.2) is 41.9 Å². The summed E-state index contributed by atoms with van der Waals surface area (Å²) in [5.41, 5.74) is 6.81. The molecular formula is C16H24N4O. The molecule has 3 N–H and O–H groups in total. The number of carbonyl (C=O) groups is 1. The molecule has 1 rings (SSSR count). The Balaban J connectivity index is 2.51. The van der Waals surface area contributed by atoms with Crippen LogP contribution >= 0.6 is 0 Å². The first-order valence-corrected chi connectivity index (χ1v) is 7.00. The van der Waals surface area contributed by atoms with Gasteiger partial charge >= 0.3 is 0 Å².